The van der Waals surface area contributed by atoms with E-state index >= 15 is 8.78 Å². The summed E-state index contributed by atoms with van der Waals surface area (Å²) in [5.41, 5.74) is 0.921. The highest BCUT2D eigenvalue weighted by Crippen LogP contribution is 2.42. The Morgan fingerprint density at radius 1 is 1.24 bits per heavy atom. The molecule has 2 aromatic heterocycles. The van der Waals surface area contributed by atoms with Crippen LogP contribution >= 0.6 is 0 Å². The van der Waals surface area contributed by atoms with E-state index in [1.54, 1.807) is 16.7 Å². The monoisotopic (exact) mass is 520 g/mol. The Morgan fingerprint density at radius 2 is 1.95 bits per heavy atom. The summed E-state index contributed by atoms with van der Waals surface area (Å²) in [5.74, 6) is -6.12. The third-order valence-electron chi connectivity index (χ3n) is 6.55. The summed E-state index contributed by atoms with van der Waals surface area (Å²) in [6.07, 6.45) is 0.388. The molecule has 5 rings (SSSR count). The summed E-state index contributed by atoms with van der Waals surface area (Å²) >= 11 is 0. The maximum atomic E-state index is 15.3. The predicted octanol–water partition coefficient (Wildman–Crippen LogP) is 3.74. The van der Waals surface area contributed by atoms with E-state index in [0.717, 1.165) is 17.7 Å². The number of carbonyl (C=O) groups excluding carboxylic acids is 2. The fourth-order valence-electron chi connectivity index (χ4n) is 4.49. The van der Waals surface area contributed by atoms with Crippen molar-refractivity contribution in [1.29, 1.82) is 0 Å². The van der Waals surface area contributed by atoms with Crippen LogP contribution in [0.2, 0.25) is 0 Å². The van der Waals surface area contributed by atoms with Crippen LogP contribution in [0.25, 0.3) is 16.9 Å². The highest BCUT2D eigenvalue weighted by molar-refractivity contribution is 5.95. The van der Waals surface area contributed by atoms with Crippen LogP contribution in [0, 0.1) is 18.6 Å². The summed E-state index contributed by atoms with van der Waals surface area (Å²) in [5, 5.41) is 2.08. The standard InChI is InChI=1S/C25H24F4N4O4/c1-13-3-4-33-18(10-15-12-32(5-6-37-15)24(35)36-2)22(31-20(33)7-13)21-16(26)8-14(9-17(21)27)23(34)30-19-11-25(19,28)29/h3-4,7-9,15,19H,5-6,10-12H2,1-2H3,(H,30,34)/t15-,19?/m0/s1. The Hall–Kier alpha value is -3.67. The second-order valence-corrected chi connectivity index (χ2v) is 9.26. The number of carbonyl (C=O) groups is 2. The molecule has 0 bridgehead atoms. The highest BCUT2D eigenvalue weighted by atomic mass is 19.3. The van der Waals surface area contributed by atoms with Crippen LogP contribution in [0.3, 0.4) is 0 Å². The number of fused-ring (bicyclic) bond motifs is 1. The van der Waals surface area contributed by atoms with Crippen molar-refractivity contribution in [2.45, 2.75) is 37.8 Å². The van der Waals surface area contributed by atoms with Crippen LogP contribution in [0.1, 0.15) is 28.0 Å². The molecule has 3 aromatic rings. The van der Waals surface area contributed by atoms with Gasteiger partial charge in [-0.2, -0.15) is 0 Å². The molecule has 2 fully saturated rings. The fraction of sp³-hybridized carbons (Fsp3) is 0.400. The molecule has 1 saturated heterocycles. The van der Waals surface area contributed by atoms with Gasteiger partial charge in [-0.15, -0.1) is 0 Å². The van der Waals surface area contributed by atoms with Gasteiger partial charge in [-0.25, -0.2) is 27.3 Å². The molecule has 1 saturated carbocycles. The molecular weight excluding hydrogens is 496 g/mol. The third-order valence-corrected chi connectivity index (χ3v) is 6.55. The normalized spacial score (nSPS) is 20.6. The summed E-state index contributed by atoms with van der Waals surface area (Å²) < 4.78 is 69.3. The van der Waals surface area contributed by atoms with Crippen molar-refractivity contribution in [3.8, 4) is 11.3 Å². The smallest absolute Gasteiger partial charge is 0.409 e. The van der Waals surface area contributed by atoms with Gasteiger partial charge in [0.05, 0.1) is 49.4 Å². The largest absolute Gasteiger partial charge is 0.453 e. The van der Waals surface area contributed by atoms with Crippen LogP contribution < -0.4 is 5.32 Å². The van der Waals surface area contributed by atoms with E-state index in [1.165, 1.54) is 12.0 Å². The van der Waals surface area contributed by atoms with Crippen LogP contribution in [-0.2, 0) is 15.9 Å². The summed E-state index contributed by atoms with van der Waals surface area (Å²) in [6, 6.07) is 3.84. The topological polar surface area (TPSA) is 85.2 Å². The lowest BCUT2D eigenvalue weighted by atomic mass is 10.0. The molecule has 12 heteroatoms. The second kappa shape index (κ2) is 9.33. The Kier molecular flexibility index (Phi) is 6.30. The first-order chi connectivity index (χ1) is 17.6. The predicted molar refractivity (Wildman–Crippen MR) is 124 cm³/mol. The second-order valence-electron chi connectivity index (χ2n) is 9.26. The number of methoxy groups -OCH3 is 1. The van der Waals surface area contributed by atoms with E-state index in [9.17, 15) is 18.4 Å². The number of hydrogen-bond donors (Lipinski definition) is 1. The first kappa shape index (κ1) is 25.0. The van der Waals surface area contributed by atoms with Gasteiger partial charge in [-0.3, -0.25) is 4.79 Å². The zero-order valence-electron chi connectivity index (χ0n) is 20.1. The average molecular weight is 520 g/mol. The number of amides is 2. The van der Waals surface area contributed by atoms with E-state index < -0.39 is 59.3 Å². The van der Waals surface area contributed by atoms with Gasteiger partial charge in [0.25, 0.3) is 11.8 Å². The molecule has 3 heterocycles. The van der Waals surface area contributed by atoms with E-state index in [1.807, 2.05) is 13.0 Å². The van der Waals surface area contributed by atoms with E-state index in [-0.39, 0.29) is 25.3 Å². The number of alkyl halides is 2. The number of ether oxygens (including phenoxy) is 2. The lowest BCUT2D eigenvalue weighted by molar-refractivity contribution is -0.0241. The zero-order chi connectivity index (χ0) is 26.5. The van der Waals surface area contributed by atoms with Crippen LogP contribution in [0.4, 0.5) is 22.4 Å². The lowest BCUT2D eigenvalue weighted by Crippen LogP contribution is -2.46. The molecule has 0 radical (unpaired) electrons. The van der Waals surface area contributed by atoms with Gasteiger partial charge in [-0.05, 0) is 36.8 Å². The van der Waals surface area contributed by atoms with Crippen molar-refractivity contribution in [2.24, 2.45) is 0 Å². The number of nitrogens with zero attached hydrogens (tertiary/aromatic N) is 3. The SMILES string of the molecule is COC(=O)N1CCO[C@@H](Cc2c(-c3c(F)cc(C(=O)NC4CC4(F)F)cc3F)nc3cc(C)ccn23)C1. The summed E-state index contributed by atoms with van der Waals surface area (Å²) in [6.45, 7) is 2.67. The number of nitrogens with one attached hydrogen (secondary N) is 1. The Labute approximate surface area is 209 Å². The minimum Gasteiger partial charge on any atom is -0.453 e. The third kappa shape index (κ3) is 4.85. The van der Waals surface area contributed by atoms with Crippen molar-refractivity contribution in [3.05, 3.63) is 58.9 Å². The molecule has 2 aliphatic rings. The summed E-state index contributed by atoms with van der Waals surface area (Å²) in [4.78, 5) is 30.3. The number of benzene rings is 1. The summed E-state index contributed by atoms with van der Waals surface area (Å²) in [7, 11) is 1.28. The molecular formula is C25H24F4N4O4. The van der Waals surface area contributed by atoms with Crippen molar-refractivity contribution >= 4 is 17.6 Å². The average Bonchev–Trinajstić information content (AvgIpc) is 3.31. The lowest BCUT2D eigenvalue weighted by Gasteiger charge is -2.32. The molecule has 37 heavy (non-hydrogen) atoms. The van der Waals surface area contributed by atoms with Gasteiger partial charge < -0.3 is 24.1 Å². The Morgan fingerprint density at radius 3 is 2.59 bits per heavy atom. The van der Waals surface area contributed by atoms with Gasteiger partial charge in [0.1, 0.15) is 17.3 Å². The number of hydrogen-bond acceptors (Lipinski definition) is 5. The van der Waals surface area contributed by atoms with Crippen LogP contribution in [0.5, 0.6) is 0 Å². The van der Waals surface area contributed by atoms with Crippen LogP contribution in [0.15, 0.2) is 30.5 Å². The van der Waals surface area contributed by atoms with Gasteiger partial charge >= 0.3 is 6.09 Å². The first-order valence-corrected chi connectivity index (χ1v) is 11.7. The van der Waals surface area contributed by atoms with E-state index in [4.69, 9.17) is 9.47 Å². The van der Waals surface area contributed by atoms with Crippen molar-refractivity contribution in [2.75, 3.05) is 26.8 Å². The minimum absolute atomic E-state index is 0.0140. The molecule has 1 aromatic carbocycles. The van der Waals surface area contributed by atoms with Gasteiger partial charge in [0.15, 0.2) is 0 Å². The number of aryl methyl sites for hydroxylation is 1. The molecule has 2 atom stereocenters. The fourth-order valence-corrected chi connectivity index (χ4v) is 4.49. The Balaban J connectivity index is 1.50. The van der Waals surface area contributed by atoms with E-state index in [2.05, 4.69) is 10.3 Å². The van der Waals surface area contributed by atoms with Crippen molar-refractivity contribution in [1.82, 2.24) is 19.6 Å². The van der Waals surface area contributed by atoms with Crippen molar-refractivity contribution in [3.63, 3.8) is 0 Å². The molecule has 196 valence electrons. The molecule has 1 unspecified atom stereocenters. The molecule has 0 spiro atoms. The quantitative estimate of drug-likeness (QED) is 0.519. The number of pyridine rings is 1. The highest BCUT2D eigenvalue weighted by Gasteiger charge is 2.57. The van der Waals surface area contributed by atoms with Crippen LogP contribution in [-0.4, -0.2) is 71.2 Å². The number of morpholine rings is 1. The Bertz CT molecular complexity index is 1370. The van der Waals surface area contributed by atoms with Crippen molar-refractivity contribution < 1.29 is 36.6 Å². The minimum atomic E-state index is -3.01. The number of rotatable bonds is 5. The first-order valence-electron chi connectivity index (χ1n) is 11.7. The number of imidazole rings is 1. The molecule has 1 N–H and O–H groups in total. The molecule has 8 nitrogen and oxygen atoms in total. The van der Waals surface area contributed by atoms with Gasteiger partial charge in [-0.1, -0.05) is 0 Å². The number of halogens is 4. The molecule has 2 amide bonds. The maximum Gasteiger partial charge on any atom is 0.409 e. The van der Waals surface area contributed by atoms with Gasteiger partial charge in [0.2, 0.25) is 0 Å². The molecule has 1 aliphatic carbocycles. The van der Waals surface area contributed by atoms with Gasteiger partial charge in [0, 0.05) is 31.1 Å². The molecule has 1 aliphatic heterocycles. The van der Waals surface area contributed by atoms with E-state index in [0.29, 0.717) is 17.9 Å². The zero-order valence-corrected chi connectivity index (χ0v) is 20.1. The maximum absolute atomic E-state index is 15.3. The number of aromatic nitrogens is 2.